The molecule has 0 saturated carbocycles. The molecule has 1 heterocycles. The number of carbonyl (C=O) groups excluding carboxylic acids is 2. The van der Waals surface area contributed by atoms with Crippen LogP contribution in [0.15, 0.2) is 30.3 Å². The predicted molar refractivity (Wildman–Crippen MR) is 92.8 cm³/mol. The number of likely N-dealkylation sites (N-methyl/N-ethyl adjacent to an activating group) is 1. The first-order valence-electron chi connectivity index (χ1n) is 7.90. The highest BCUT2D eigenvalue weighted by Gasteiger charge is 2.22. The number of hydrogen-bond donors (Lipinski definition) is 2. The molecule has 0 spiro atoms. The first-order chi connectivity index (χ1) is 11.5. The number of anilines is 1. The quantitative estimate of drug-likeness (QED) is 0.464. The van der Waals surface area contributed by atoms with Gasteiger partial charge in [-0.05, 0) is 31.8 Å². The van der Waals surface area contributed by atoms with Crippen molar-refractivity contribution in [3.05, 3.63) is 35.9 Å². The van der Waals surface area contributed by atoms with Crippen LogP contribution in [0.25, 0.3) is 6.08 Å². The lowest BCUT2D eigenvalue weighted by atomic mass is 10.1. The van der Waals surface area contributed by atoms with Gasteiger partial charge in [0.2, 0.25) is 5.91 Å². The van der Waals surface area contributed by atoms with Crippen molar-refractivity contribution in [1.29, 1.82) is 0 Å². The van der Waals surface area contributed by atoms with Crippen LogP contribution in [0.3, 0.4) is 0 Å². The molecule has 0 aliphatic carbocycles. The van der Waals surface area contributed by atoms with Crippen LogP contribution in [0, 0.1) is 0 Å². The third kappa shape index (κ3) is 4.81. The van der Waals surface area contributed by atoms with Crippen LogP contribution in [-0.2, 0) is 9.59 Å². The summed E-state index contributed by atoms with van der Waals surface area (Å²) in [6.45, 7) is 3.28. The maximum absolute atomic E-state index is 12.1. The Morgan fingerprint density at radius 2 is 1.88 bits per heavy atom. The number of para-hydroxylation sites is 1. The second-order valence-corrected chi connectivity index (χ2v) is 5.97. The molecule has 24 heavy (non-hydrogen) atoms. The van der Waals surface area contributed by atoms with Crippen LogP contribution in [0.1, 0.15) is 5.56 Å². The first kappa shape index (κ1) is 18.0. The average molecular weight is 332 g/mol. The predicted octanol–water partition coefficient (Wildman–Crippen LogP) is 0.415. The maximum atomic E-state index is 12.1. The number of nitrogens with one attached hydrogen (secondary N) is 1. The number of carbonyl (C=O) groups is 2. The highest BCUT2D eigenvalue weighted by Crippen LogP contribution is 2.23. The van der Waals surface area contributed by atoms with Crippen molar-refractivity contribution in [3.63, 3.8) is 0 Å². The Kier molecular flexibility index (Phi) is 6.34. The number of rotatable bonds is 5. The van der Waals surface area contributed by atoms with Crippen molar-refractivity contribution in [2.75, 3.05) is 51.7 Å². The molecule has 2 rings (SSSR count). The zero-order chi connectivity index (χ0) is 17.5. The molecule has 0 atom stereocenters. The summed E-state index contributed by atoms with van der Waals surface area (Å²) in [6.07, 6.45) is 2.96. The summed E-state index contributed by atoms with van der Waals surface area (Å²) in [4.78, 5) is 29.2. The Morgan fingerprint density at radius 1 is 1.21 bits per heavy atom. The molecule has 7 nitrogen and oxygen atoms in total. The van der Waals surface area contributed by atoms with Crippen molar-refractivity contribution in [2.45, 2.75) is 0 Å². The second-order valence-electron chi connectivity index (χ2n) is 5.97. The molecule has 7 heteroatoms. The molecule has 1 aliphatic rings. The van der Waals surface area contributed by atoms with Gasteiger partial charge in [0, 0.05) is 37.9 Å². The van der Waals surface area contributed by atoms with Gasteiger partial charge >= 0.3 is 0 Å². The van der Waals surface area contributed by atoms with Crippen molar-refractivity contribution in [1.82, 2.24) is 15.3 Å². The van der Waals surface area contributed by atoms with Crippen LogP contribution in [-0.4, -0.2) is 73.6 Å². The average Bonchev–Trinajstić information content (AvgIpc) is 2.59. The second kappa shape index (κ2) is 8.47. The fraction of sp³-hybridized carbons (Fsp3) is 0.412. The van der Waals surface area contributed by atoms with Crippen LogP contribution >= 0.6 is 0 Å². The van der Waals surface area contributed by atoms with Crippen LogP contribution in [0.5, 0.6) is 0 Å². The lowest BCUT2D eigenvalue weighted by molar-refractivity contribution is -0.132. The summed E-state index contributed by atoms with van der Waals surface area (Å²) in [5, 5.41) is 8.57. The third-order valence-electron chi connectivity index (χ3n) is 3.89. The van der Waals surface area contributed by atoms with Gasteiger partial charge < -0.3 is 14.7 Å². The Balaban J connectivity index is 2.03. The molecule has 1 aromatic carbocycles. The van der Waals surface area contributed by atoms with E-state index in [-0.39, 0.29) is 5.91 Å². The van der Waals surface area contributed by atoms with Gasteiger partial charge in [-0.25, -0.2) is 5.48 Å². The number of benzene rings is 1. The highest BCUT2D eigenvalue weighted by atomic mass is 16.5. The molecule has 2 amide bonds. The lowest BCUT2D eigenvalue weighted by Crippen LogP contribution is -2.50. The molecule has 1 fully saturated rings. The molecular formula is C17H24N4O3. The Labute approximate surface area is 142 Å². The number of hydroxylamine groups is 1. The molecule has 0 unspecified atom stereocenters. The van der Waals surface area contributed by atoms with E-state index in [1.54, 1.807) is 11.6 Å². The summed E-state index contributed by atoms with van der Waals surface area (Å²) in [6, 6.07) is 7.76. The monoisotopic (exact) mass is 332 g/mol. The van der Waals surface area contributed by atoms with Gasteiger partial charge in [0.05, 0.1) is 6.54 Å². The van der Waals surface area contributed by atoms with E-state index >= 15 is 0 Å². The van der Waals surface area contributed by atoms with E-state index in [0.717, 1.165) is 24.3 Å². The van der Waals surface area contributed by atoms with E-state index in [1.165, 1.54) is 6.08 Å². The van der Waals surface area contributed by atoms with Crippen LogP contribution in [0.2, 0.25) is 0 Å². The molecule has 1 aromatic rings. The zero-order valence-electron chi connectivity index (χ0n) is 14.1. The van der Waals surface area contributed by atoms with Crippen molar-refractivity contribution < 1.29 is 14.8 Å². The van der Waals surface area contributed by atoms with Gasteiger partial charge in [-0.2, -0.15) is 0 Å². The summed E-state index contributed by atoms with van der Waals surface area (Å²) in [5.74, 6) is -0.420. The smallest absolute Gasteiger partial charge is 0.267 e. The summed E-state index contributed by atoms with van der Waals surface area (Å²) in [5.41, 5.74) is 3.49. The molecule has 2 N–H and O–H groups in total. The first-order valence-corrected chi connectivity index (χ1v) is 7.90. The van der Waals surface area contributed by atoms with Gasteiger partial charge in [-0.3, -0.25) is 14.8 Å². The fourth-order valence-corrected chi connectivity index (χ4v) is 2.69. The maximum Gasteiger partial charge on any atom is 0.267 e. The lowest BCUT2D eigenvalue weighted by Gasteiger charge is -2.37. The van der Waals surface area contributed by atoms with E-state index in [4.69, 9.17) is 5.21 Å². The van der Waals surface area contributed by atoms with Gasteiger partial charge in [-0.1, -0.05) is 18.2 Å². The number of hydrogen-bond acceptors (Lipinski definition) is 5. The fourth-order valence-electron chi connectivity index (χ4n) is 2.69. The van der Waals surface area contributed by atoms with Crippen LogP contribution < -0.4 is 10.4 Å². The molecule has 1 saturated heterocycles. The van der Waals surface area contributed by atoms with Gasteiger partial charge in [-0.15, -0.1) is 0 Å². The summed E-state index contributed by atoms with van der Waals surface area (Å²) < 4.78 is 0. The molecule has 0 bridgehead atoms. The third-order valence-corrected chi connectivity index (χ3v) is 3.89. The minimum absolute atomic E-state index is 0.146. The van der Waals surface area contributed by atoms with Crippen LogP contribution in [0.4, 0.5) is 5.69 Å². The number of nitrogens with zero attached hydrogens (tertiary/aromatic N) is 3. The van der Waals surface area contributed by atoms with Gasteiger partial charge in [0.15, 0.2) is 0 Å². The number of amides is 2. The standard InChI is InChI=1S/C17H24N4O3/c1-19(2)13-17(23)21-11-9-20(10-12-21)15-6-4-3-5-14(15)7-8-16(22)18-24/h3-8,24H,9-13H2,1-2H3,(H,18,22). The molecule has 0 radical (unpaired) electrons. The van der Waals surface area contributed by atoms with Crippen molar-refractivity contribution >= 4 is 23.6 Å². The zero-order valence-corrected chi connectivity index (χ0v) is 14.1. The SMILES string of the molecule is CN(C)CC(=O)N1CCN(c2ccccc2C=CC(=O)NO)CC1. The van der Waals surface area contributed by atoms with E-state index < -0.39 is 5.91 Å². The Hall–Kier alpha value is -2.38. The minimum atomic E-state index is -0.566. The Bertz CT molecular complexity index is 608. The largest absolute Gasteiger partial charge is 0.367 e. The van der Waals surface area contributed by atoms with E-state index in [0.29, 0.717) is 19.6 Å². The molecular weight excluding hydrogens is 308 g/mol. The summed E-state index contributed by atoms with van der Waals surface area (Å²) >= 11 is 0. The van der Waals surface area contributed by atoms with E-state index in [9.17, 15) is 9.59 Å². The molecule has 0 aromatic heterocycles. The summed E-state index contributed by atoms with van der Waals surface area (Å²) in [7, 11) is 3.78. The van der Waals surface area contributed by atoms with E-state index in [2.05, 4.69) is 4.90 Å². The minimum Gasteiger partial charge on any atom is -0.367 e. The normalized spacial score (nSPS) is 15.2. The van der Waals surface area contributed by atoms with Gasteiger partial charge in [0.1, 0.15) is 0 Å². The molecule has 1 aliphatic heterocycles. The number of piperazine rings is 1. The Morgan fingerprint density at radius 3 is 2.50 bits per heavy atom. The van der Waals surface area contributed by atoms with E-state index in [1.807, 2.05) is 48.2 Å². The van der Waals surface area contributed by atoms with Crippen molar-refractivity contribution in [3.8, 4) is 0 Å². The molecule has 130 valence electrons. The topological polar surface area (TPSA) is 76.1 Å². The highest BCUT2D eigenvalue weighted by molar-refractivity contribution is 5.91. The van der Waals surface area contributed by atoms with Gasteiger partial charge in [0.25, 0.3) is 5.91 Å². The van der Waals surface area contributed by atoms with Crippen molar-refractivity contribution in [2.24, 2.45) is 0 Å².